The van der Waals surface area contributed by atoms with E-state index >= 15 is 0 Å². The highest BCUT2D eigenvalue weighted by Crippen LogP contribution is 2.32. The summed E-state index contributed by atoms with van der Waals surface area (Å²) in [6, 6.07) is 26.2. The first-order valence-electron chi connectivity index (χ1n) is 13.2. The average Bonchev–Trinajstić information content (AvgIpc) is 3.27. The Morgan fingerprint density at radius 3 is 2.48 bits per heavy atom. The Kier molecular flexibility index (Phi) is 6.68. The number of halogens is 3. The number of benzene rings is 4. The topological polar surface area (TPSA) is 48.1 Å². The molecule has 4 aromatic carbocycles. The van der Waals surface area contributed by atoms with Gasteiger partial charge in [-0.2, -0.15) is 13.2 Å². The molecular weight excluding hydrogens is 511 g/mol. The standard InChI is InChI=1S/C33H28F3N3O/c1-21-30(28-7-4-5-9-31(28)37-21)20-39-17-16-23-18-26(15-12-24(23)19-39)38-32(40)29-8-3-2-6-27(29)22-10-13-25(14-11-22)33(34,35)36/h2-15,18,37H,16-17,19-20H2,1H3,(H,38,40). The first-order chi connectivity index (χ1) is 19.3. The molecule has 1 aliphatic heterocycles. The molecule has 0 atom stereocenters. The van der Waals surface area contributed by atoms with Crippen LogP contribution in [0.5, 0.6) is 0 Å². The summed E-state index contributed by atoms with van der Waals surface area (Å²) in [7, 11) is 0. The number of amides is 1. The maximum absolute atomic E-state index is 13.3. The number of anilines is 1. The van der Waals surface area contributed by atoms with E-state index in [9.17, 15) is 18.0 Å². The third-order valence-electron chi connectivity index (χ3n) is 7.66. The van der Waals surface area contributed by atoms with Gasteiger partial charge in [0.2, 0.25) is 0 Å². The number of para-hydroxylation sites is 1. The number of aromatic amines is 1. The van der Waals surface area contributed by atoms with E-state index in [1.54, 1.807) is 24.3 Å². The van der Waals surface area contributed by atoms with Gasteiger partial charge >= 0.3 is 6.18 Å². The van der Waals surface area contributed by atoms with Crippen LogP contribution in [0.15, 0.2) is 91.0 Å². The van der Waals surface area contributed by atoms with E-state index in [0.717, 1.165) is 43.7 Å². The van der Waals surface area contributed by atoms with E-state index < -0.39 is 11.7 Å². The van der Waals surface area contributed by atoms with E-state index in [2.05, 4.69) is 46.4 Å². The molecule has 0 radical (unpaired) electrons. The van der Waals surface area contributed by atoms with Gasteiger partial charge in [-0.1, -0.05) is 54.6 Å². The van der Waals surface area contributed by atoms with Gasteiger partial charge < -0.3 is 10.3 Å². The van der Waals surface area contributed by atoms with Crippen LogP contribution in [0, 0.1) is 6.92 Å². The molecule has 40 heavy (non-hydrogen) atoms. The number of alkyl halides is 3. The third-order valence-corrected chi connectivity index (χ3v) is 7.66. The first kappa shape index (κ1) is 25.9. The molecule has 2 heterocycles. The van der Waals surface area contributed by atoms with Crippen LogP contribution >= 0.6 is 0 Å². The van der Waals surface area contributed by atoms with Gasteiger partial charge in [0, 0.05) is 47.5 Å². The van der Waals surface area contributed by atoms with Crippen LogP contribution < -0.4 is 5.32 Å². The van der Waals surface area contributed by atoms with Crippen LogP contribution in [0.3, 0.4) is 0 Å². The number of carbonyl (C=O) groups excluding carboxylic acids is 1. The van der Waals surface area contributed by atoms with Gasteiger partial charge in [-0.05, 0) is 77.6 Å². The van der Waals surface area contributed by atoms with Crippen molar-refractivity contribution < 1.29 is 18.0 Å². The normalized spacial score (nSPS) is 13.8. The number of nitrogens with one attached hydrogen (secondary N) is 2. The van der Waals surface area contributed by atoms with Gasteiger partial charge in [0.05, 0.1) is 5.56 Å². The molecule has 1 amide bonds. The van der Waals surface area contributed by atoms with Crippen molar-refractivity contribution in [2.45, 2.75) is 32.6 Å². The van der Waals surface area contributed by atoms with Gasteiger partial charge in [0.1, 0.15) is 0 Å². The van der Waals surface area contributed by atoms with Crippen LogP contribution in [0.1, 0.15) is 38.3 Å². The SMILES string of the molecule is Cc1[nH]c2ccccc2c1CN1CCc2cc(NC(=O)c3ccccc3-c3ccc(C(F)(F)F)cc3)ccc2C1. The summed E-state index contributed by atoms with van der Waals surface area (Å²) in [6.45, 7) is 4.74. The number of nitrogens with zero attached hydrogens (tertiary/aromatic N) is 1. The van der Waals surface area contributed by atoms with E-state index in [-0.39, 0.29) is 5.91 Å². The van der Waals surface area contributed by atoms with Crippen molar-refractivity contribution in [2.24, 2.45) is 0 Å². The molecule has 6 rings (SSSR count). The number of aryl methyl sites for hydroxylation is 1. The minimum atomic E-state index is -4.41. The van der Waals surface area contributed by atoms with Crippen molar-refractivity contribution in [3.05, 3.63) is 125 Å². The van der Waals surface area contributed by atoms with Crippen molar-refractivity contribution >= 4 is 22.5 Å². The van der Waals surface area contributed by atoms with Crippen LogP contribution in [0.2, 0.25) is 0 Å². The lowest BCUT2D eigenvalue weighted by Crippen LogP contribution is -2.30. The molecule has 1 aromatic heterocycles. The van der Waals surface area contributed by atoms with Crippen molar-refractivity contribution in [1.29, 1.82) is 0 Å². The summed E-state index contributed by atoms with van der Waals surface area (Å²) < 4.78 is 39.0. The smallest absolute Gasteiger partial charge is 0.358 e. The van der Waals surface area contributed by atoms with E-state index in [0.29, 0.717) is 22.4 Å². The minimum Gasteiger partial charge on any atom is -0.358 e. The lowest BCUT2D eigenvalue weighted by molar-refractivity contribution is -0.137. The first-order valence-corrected chi connectivity index (χ1v) is 13.2. The number of hydrogen-bond acceptors (Lipinski definition) is 2. The van der Waals surface area contributed by atoms with Crippen LogP contribution in [0.4, 0.5) is 18.9 Å². The van der Waals surface area contributed by atoms with Gasteiger partial charge in [-0.3, -0.25) is 9.69 Å². The summed E-state index contributed by atoms with van der Waals surface area (Å²) in [5, 5.41) is 4.26. The number of H-pyrrole nitrogens is 1. The highest BCUT2D eigenvalue weighted by Gasteiger charge is 2.30. The molecule has 0 bridgehead atoms. The van der Waals surface area contributed by atoms with E-state index in [4.69, 9.17) is 0 Å². The Labute approximate surface area is 230 Å². The fourth-order valence-corrected chi connectivity index (χ4v) is 5.56. The largest absolute Gasteiger partial charge is 0.416 e. The van der Waals surface area contributed by atoms with Crippen LogP contribution in [0.25, 0.3) is 22.0 Å². The molecule has 0 unspecified atom stereocenters. The Hall–Kier alpha value is -4.36. The van der Waals surface area contributed by atoms with Gasteiger partial charge in [-0.15, -0.1) is 0 Å². The molecule has 0 aliphatic carbocycles. The van der Waals surface area contributed by atoms with Crippen molar-refractivity contribution in [2.75, 3.05) is 11.9 Å². The quantitative estimate of drug-likeness (QED) is 0.238. The fourth-order valence-electron chi connectivity index (χ4n) is 5.56. The number of rotatable bonds is 5. The van der Waals surface area contributed by atoms with Crippen molar-refractivity contribution in [1.82, 2.24) is 9.88 Å². The van der Waals surface area contributed by atoms with Crippen molar-refractivity contribution in [3.8, 4) is 11.1 Å². The number of carbonyl (C=O) groups is 1. The average molecular weight is 540 g/mol. The van der Waals surface area contributed by atoms with Gasteiger partial charge in [-0.25, -0.2) is 0 Å². The molecule has 202 valence electrons. The monoisotopic (exact) mass is 539 g/mol. The molecular formula is C33H28F3N3O. The Balaban J connectivity index is 1.17. The third kappa shape index (κ3) is 5.12. The highest BCUT2D eigenvalue weighted by molar-refractivity contribution is 6.08. The lowest BCUT2D eigenvalue weighted by Gasteiger charge is -2.29. The Morgan fingerprint density at radius 2 is 1.68 bits per heavy atom. The zero-order valence-electron chi connectivity index (χ0n) is 22.0. The fraction of sp³-hybridized carbons (Fsp3) is 0.182. The molecule has 5 aromatic rings. The maximum Gasteiger partial charge on any atom is 0.416 e. The second-order valence-electron chi connectivity index (χ2n) is 10.3. The predicted octanol–water partition coefficient (Wildman–Crippen LogP) is 7.97. The Morgan fingerprint density at radius 1 is 0.925 bits per heavy atom. The second kappa shape index (κ2) is 10.3. The number of fused-ring (bicyclic) bond motifs is 2. The molecule has 0 spiro atoms. The molecule has 4 nitrogen and oxygen atoms in total. The predicted molar refractivity (Wildman–Crippen MR) is 152 cm³/mol. The number of aromatic nitrogens is 1. The Bertz CT molecular complexity index is 1700. The summed E-state index contributed by atoms with van der Waals surface area (Å²) >= 11 is 0. The van der Waals surface area contributed by atoms with E-state index in [1.165, 1.54) is 39.9 Å². The minimum absolute atomic E-state index is 0.303. The van der Waals surface area contributed by atoms with Crippen LogP contribution in [-0.2, 0) is 25.7 Å². The molecule has 7 heteroatoms. The maximum atomic E-state index is 13.3. The molecule has 2 N–H and O–H groups in total. The summed E-state index contributed by atoms with van der Waals surface area (Å²) in [5.74, 6) is -0.303. The van der Waals surface area contributed by atoms with Gasteiger partial charge in [0.25, 0.3) is 5.91 Å². The second-order valence-corrected chi connectivity index (χ2v) is 10.3. The molecule has 1 aliphatic rings. The van der Waals surface area contributed by atoms with E-state index in [1.807, 2.05) is 18.2 Å². The summed E-state index contributed by atoms with van der Waals surface area (Å²) in [6.07, 6.45) is -3.53. The molecule has 0 saturated carbocycles. The van der Waals surface area contributed by atoms with Crippen LogP contribution in [-0.4, -0.2) is 22.3 Å². The van der Waals surface area contributed by atoms with Crippen molar-refractivity contribution in [3.63, 3.8) is 0 Å². The summed E-state index contributed by atoms with van der Waals surface area (Å²) in [5.41, 5.74) is 7.65. The molecule has 0 fully saturated rings. The molecule has 0 saturated heterocycles. The zero-order valence-corrected chi connectivity index (χ0v) is 22.0. The lowest BCUT2D eigenvalue weighted by atomic mass is 9.97. The highest BCUT2D eigenvalue weighted by atomic mass is 19.4. The number of hydrogen-bond donors (Lipinski definition) is 2. The zero-order chi connectivity index (χ0) is 27.9. The van der Waals surface area contributed by atoms with Gasteiger partial charge in [0.15, 0.2) is 0 Å². The summed E-state index contributed by atoms with van der Waals surface area (Å²) in [4.78, 5) is 19.2.